The topological polar surface area (TPSA) is 0 Å². The molecule has 0 aliphatic carbocycles. The van der Waals surface area contributed by atoms with Crippen molar-refractivity contribution in [3.05, 3.63) is 0 Å². The Bertz CT molecular complexity index is 243. The minimum absolute atomic E-state index is 0.158. The summed E-state index contributed by atoms with van der Waals surface area (Å²) in [7, 11) is 3.70. The van der Waals surface area contributed by atoms with E-state index in [1.807, 2.05) is 0 Å². The number of hydrogen-bond donors (Lipinski definition) is 0. The van der Waals surface area contributed by atoms with Gasteiger partial charge in [0.05, 0.1) is 0 Å². The van der Waals surface area contributed by atoms with E-state index < -0.39 is 0 Å². The summed E-state index contributed by atoms with van der Waals surface area (Å²) < 4.78 is 1.60. The molecule has 0 aromatic rings. The summed E-state index contributed by atoms with van der Waals surface area (Å²) in [6, 6.07) is 0. The molecule has 6 saturated heterocycles. The van der Waals surface area contributed by atoms with Gasteiger partial charge in [0, 0.05) is 0 Å². The zero-order valence-electron chi connectivity index (χ0n) is 2.79. The summed E-state index contributed by atoms with van der Waals surface area (Å²) in [6.07, 6.45) is 0. The summed E-state index contributed by atoms with van der Waals surface area (Å²) in [5.41, 5.74) is 0. The first-order valence-electron chi connectivity index (χ1n) is 2.39. The van der Waals surface area contributed by atoms with E-state index in [4.69, 9.17) is 0 Å². The van der Waals surface area contributed by atoms with E-state index in [0.717, 1.165) is 0 Å². The van der Waals surface area contributed by atoms with Gasteiger partial charge in [0.15, 0.2) is 0 Å². The zero-order chi connectivity index (χ0) is 3.18. The second-order valence-electron chi connectivity index (χ2n) is 3.12. The summed E-state index contributed by atoms with van der Waals surface area (Å²) in [6.45, 7) is 0.360. The van der Waals surface area contributed by atoms with Crippen molar-refractivity contribution in [2.24, 2.45) is 0 Å². The molecule has 28 valence electrons. The Morgan fingerprint density at radius 3 is 1.50 bits per heavy atom. The van der Waals surface area contributed by atoms with Crippen LogP contribution >= 0.6 is 26.7 Å². The molecule has 0 aromatic heterocycles. The molecule has 6 aliphatic heterocycles. The third-order valence-corrected chi connectivity index (χ3v) is 138. The molecule has 6 heterocycles. The molecule has 3 unspecified atom stereocenters. The first-order valence-corrected chi connectivity index (χ1v) is 16.1. The normalized spacial score (nSPS) is 151. The Morgan fingerprint density at radius 1 is 1.33 bits per heavy atom. The van der Waals surface area contributed by atoms with Crippen LogP contribution < -0.4 is 0 Å². The van der Waals surface area contributed by atoms with Crippen molar-refractivity contribution >= 4 is 33.4 Å². The predicted molar refractivity (Wildman–Crippen MR) is 36.2 cm³/mol. The van der Waals surface area contributed by atoms with Crippen molar-refractivity contribution in [1.29, 1.82) is 0 Å². The Labute approximate surface area is 38.3 Å². The van der Waals surface area contributed by atoms with Crippen LogP contribution in [0.1, 0.15) is 0 Å². The number of hydrogen-bond acceptors (Lipinski definition) is 0. The standard InChI is InChI=1S/CP4Si/c2-1-3-5(1,2)4(1)6(2,3)5. The molecular weight excluding hydrogens is 164 g/mol. The first-order chi connectivity index (χ1) is 2.95. The van der Waals surface area contributed by atoms with Crippen LogP contribution in [0, 0.1) is 0 Å². The van der Waals surface area contributed by atoms with Crippen LogP contribution in [0.3, 0.4) is 0 Å². The fourth-order valence-electron chi connectivity index (χ4n) is 3.33. The van der Waals surface area contributed by atoms with E-state index in [1.165, 1.54) is 21.5 Å². The summed E-state index contributed by atoms with van der Waals surface area (Å²) in [5.74, 6) is 0. The van der Waals surface area contributed by atoms with Crippen molar-refractivity contribution in [2.75, 3.05) is 0 Å². The molecule has 6 fully saturated rings. The van der Waals surface area contributed by atoms with Gasteiger partial charge < -0.3 is 0 Å². The third kappa shape index (κ3) is 0.0265. The Morgan fingerprint density at radius 2 is 1.50 bits per heavy atom. The van der Waals surface area contributed by atoms with Gasteiger partial charge in [-0.15, -0.1) is 0 Å². The molecule has 6 aliphatic rings. The van der Waals surface area contributed by atoms with Gasteiger partial charge in [0.25, 0.3) is 0 Å². The van der Waals surface area contributed by atoms with Crippen molar-refractivity contribution in [2.45, 2.75) is 4.38 Å². The summed E-state index contributed by atoms with van der Waals surface area (Å²) in [5, 5.41) is 0.158. The van der Waals surface area contributed by atoms with Crippen LogP contribution in [-0.2, 0) is 0 Å². The van der Waals surface area contributed by atoms with Crippen molar-refractivity contribution < 1.29 is 0 Å². The molecule has 5 heteroatoms. The van der Waals surface area contributed by atoms with E-state index in [2.05, 4.69) is 0 Å². The maximum absolute atomic E-state index is 1.60. The molecule has 0 bridgehead atoms. The maximum atomic E-state index is 1.60. The van der Waals surface area contributed by atoms with Gasteiger partial charge in [-0.3, -0.25) is 0 Å². The van der Waals surface area contributed by atoms with E-state index in [1.54, 1.807) is 4.38 Å². The Kier molecular flexibility index (Phi) is 0.0857. The van der Waals surface area contributed by atoms with Crippen LogP contribution in [0.25, 0.3) is 0 Å². The third-order valence-electron chi connectivity index (χ3n) is 3.71. The molecule has 0 amide bonds. The molecule has 0 nitrogen and oxygen atoms in total. The van der Waals surface area contributed by atoms with Crippen molar-refractivity contribution in [1.82, 2.24) is 0 Å². The van der Waals surface area contributed by atoms with Crippen LogP contribution in [0.5, 0.6) is 0 Å². The van der Waals surface area contributed by atoms with Crippen LogP contribution in [0.2, 0.25) is 0 Å². The second kappa shape index (κ2) is 0.225. The van der Waals surface area contributed by atoms with Crippen LogP contribution in [-0.4, -0.2) is 11.1 Å². The Hall–Kier alpha value is 1.94. The SMILES string of the molecule is P12C34P5[Si]16P3P2546. The predicted octanol–water partition coefficient (Wildman–Crippen LogP) is 2.86. The van der Waals surface area contributed by atoms with Gasteiger partial charge in [-0.25, -0.2) is 0 Å². The van der Waals surface area contributed by atoms with Gasteiger partial charge in [-0.1, -0.05) is 0 Å². The minimum atomic E-state index is 0.158. The molecule has 0 aromatic carbocycles. The quantitative estimate of drug-likeness (QED) is 0.381. The molecule has 1 spiro atoms. The van der Waals surface area contributed by atoms with Crippen molar-refractivity contribution in [3.63, 3.8) is 0 Å². The zero-order valence-corrected chi connectivity index (χ0v) is 7.37. The average Bonchev–Trinajstić information content (AvgIpc) is 1.21. The van der Waals surface area contributed by atoms with E-state index in [9.17, 15) is 0 Å². The van der Waals surface area contributed by atoms with Gasteiger partial charge in [-0.05, 0) is 0 Å². The van der Waals surface area contributed by atoms with Gasteiger partial charge >= 0.3 is 37.8 Å². The van der Waals surface area contributed by atoms with Gasteiger partial charge in [0.2, 0.25) is 0 Å². The monoisotopic (exact) mass is 164 g/mol. The molecule has 0 saturated carbocycles. The van der Waals surface area contributed by atoms with E-state index in [0.29, 0.717) is 6.74 Å². The molecule has 6 heavy (non-hydrogen) atoms. The van der Waals surface area contributed by atoms with Crippen molar-refractivity contribution in [3.8, 4) is 0 Å². The number of rotatable bonds is 0. The van der Waals surface area contributed by atoms with Crippen LogP contribution in [0.4, 0.5) is 0 Å². The fourth-order valence-corrected chi connectivity index (χ4v) is 300. The first kappa shape index (κ1) is 2.28. The molecule has 3 atom stereocenters. The Balaban J connectivity index is 2.83. The van der Waals surface area contributed by atoms with Gasteiger partial charge in [-0.2, -0.15) is 0 Å². The molecule has 6 rings (SSSR count). The molecular formula is CP4Si. The average molecular weight is 164 g/mol. The second-order valence-corrected chi connectivity index (χ2v) is 54.5. The van der Waals surface area contributed by atoms with E-state index in [-0.39, 0.29) is 5.22 Å². The summed E-state index contributed by atoms with van der Waals surface area (Å²) in [4.78, 5) is 0. The van der Waals surface area contributed by atoms with E-state index >= 15 is 0 Å². The molecule has 0 N–H and O–H groups in total. The summed E-state index contributed by atoms with van der Waals surface area (Å²) >= 11 is 0. The van der Waals surface area contributed by atoms with Gasteiger partial charge in [0.1, 0.15) is 0 Å². The molecule has 0 radical (unpaired) electrons. The fraction of sp³-hybridized carbons (Fsp3) is 1.00. The van der Waals surface area contributed by atoms with Crippen LogP contribution in [0.15, 0.2) is 0 Å².